The highest BCUT2D eigenvalue weighted by Crippen LogP contribution is 2.36. The number of hydrogen-bond acceptors (Lipinski definition) is 4. The summed E-state index contributed by atoms with van der Waals surface area (Å²) in [5, 5.41) is 4.37. The molecule has 4 rings (SSSR count). The third kappa shape index (κ3) is 4.36. The van der Waals surface area contributed by atoms with Crippen LogP contribution in [0.3, 0.4) is 0 Å². The van der Waals surface area contributed by atoms with Gasteiger partial charge in [-0.2, -0.15) is 9.78 Å². The Morgan fingerprint density at radius 3 is 2.27 bits per heavy atom. The average molecular weight is 427 g/mol. The summed E-state index contributed by atoms with van der Waals surface area (Å²) in [6.07, 6.45) is 6.92. The van der Waals surface area contributed by atoms with E-state index >= 15 is 0 Å². The second-order valence-corrected chi connectivity index (χ2v) is 8.67. The minimum Gasteiger partial charge on any atom is -0.267 e. The van der Waals surface area contributed by atoms with Gasteiger partial charge in [0.2, 0.25) is 0 Å². The summed E-state index contributed by atoms with van der Waals surface area (Å²) in [5.74, 6) is -0.224. The van der Waals surface area contributed by atoms with Gasteiger partial charge in [0, 0.05) is 11.1 Å². The molecule has 30 heavy (non-hydrogen) atoms. The molecule has 0 spiro atoms. The molecule has 0 unspecified atom stereocenters. The Balaban J connectivity index is 1.82. The fourth-order valence-electron chi connectivity index (χ4n) is 4.19. The van der Waals surface area contributed by atoms with Crippen LogP contribution in [-0.4, -0.2) is 18.2 Å². The van der Waals surface area contributed by atoms with Gasteiger partial charge in [-0.1, -0.05) is 43.5 Å². The SMILES string of the molecule is O=c1c(C2CCCCC2)c(-c2ccc(C[SH](=O)=O)cc2)cnn1-c1ccc(F)cc1. The van der Waals surface area contributed by atoms with E-state index < -0.39 is 10.7 Å². The Morgan fingerprint density at radius 2 is 1.63 bits per heavy atom. The molecule has 1 heterocycles. The van der Waals surface area contributed by atoms with Gasteiger partial charge in [0.15, 0.2) is 0 Å². The van der Waals surface area contributed by atoms with Crippen LogP contribution < -0.4 is 5.56 Å². The maximum Gasteiger partial charge on any atom is 0.275 e. The number of aromatic nitrogens is 2. The molecule has 0 saturated heterocycles. The van der Waals surface area contributed by atoms with Gasteiger partial charge >= 0.3 is 0 Å². The maximum atomic E-state index is 13.5. The fraction of sp³-hybridized carbons (Fsp3) is 0.304. The van der Waals surface area contributed by atoms with Crippen LogP contribution in [0.15, 0.2) is 59.5 Å². The minimum atomic E-state index is -2.49. The summed E-state index contributed by atoms with van der Waals surface area (Å²) >= 11 is 0. The molecule has 0 bridgehead atoms. The van der Waals surface area contributed by atoms with Crippen molar-refractivity contribution in [3.63, 3.8) is 0 Å². The molecular weight excluding hydrogens is 403 g/mol. The fourth-order valence-corrected chi connectivity index (χ4v) is 4.70. The molecule has 0 aliphatic heterocycles. The zero-order valence-electron chi connectivity index (χ0n) is 16.5. The second kappa shape index (κ2) is 8.92. The number of nitrogens with zero attached hydrogens (tertiary/aromatic N) is 2. The van der Waals surface area contributed by atoms with Crippen molar-refractivity contribution in [2.24, 2.45) is 0 Å². The molecule has 3 aromatic rings. The summed E-state index contributed by atoms with van der Waals surface area (Å²) in [5.41, 5.74) is 3.41. The molecule has 7 heteroatoms. The van der Waals surface area contributed by atoms with Crippen molar-refractivity contribution in [2.45, 2.75) is 43.8 Å². The minimum absolute atomic E-state index is 0.00446. The van der Waals surface area contributed by atoms with Gasteiger partial charge in [0.05, 0.1) is 17.6 Å². The Kier molecular flexibility index (Phi) is 6.08. The highest BCUT2D eigenvalue weighted by atomic mass is 32.2. The van der Waals surface area contributed by atoms with E-state index in [4.69, 9.17) is 0 Å². The number of thiol groups is 1. The monoisotopic (exact) mass is 426 g/mol. The first-order valence-corrected chi connectivity index (χ1v) is 11.5. The van der Waals surface area contributed by atoms with E-state index in [-0.39, 0.29) is 23.0 Å². The summed E-state index contributed by atoms with van der Waals surface area (Å²) in [7, 11) is -2.49. The normalized spacial score (nSPS) is 14.9. The van der Waals surface area contributed by atoms with Crippen LogP contribution in [0.2, 0.25) is 0 Å². The van der Waals surface area contributed by atoms with E-state index in [1.54, 1.807) is 30.5 Å². The summed E-state index contributed by atoms with van der Waals surface area (Å²) in [6, 6.07) is 13.0. The lowest BCUT2D eigenvalue weighted by Gasteiger charge is -2.24. The molecule has 156 valence electrons. The maximum absolute atomic E-state index is 13.5. The zero-order chi connectivity index (χ0) is 21.1. The van der Waals surface area contributed by atoms with Crippen LogP contribution in [-0.2, 0) is 16.5 Å². The van der Waals surface area contributed by atoms with E-state index in [0.29, 0.717) is 11.3 Å². The summed E-state index contributed by atoms with van der Waals surface area (Å²) in [6.45, 7) is 0. The van der Waals surface area contributed by atoms with Crippen LogP contribution in [0, 0.1) is 5.82 Å². The Morgan fingerprint density at radius 1 is 0.967 bits per heavy atom. The molecule has 1 aliphatic carbocycles. The predicted molar refractivity (Wildman–Crippen MR) is 115 cm³/mol. The lowest BCUT2D eigenvalue weighted by molar-refractivity contribution is 0.439. The van der Waals surface area contributed by atoms with Crippen molar-refractivity contribution in [3.05, 3.63) is 82.0 Å². The second-order valence-electron chi connectivity index (χ2n) is 7.69. The first-order valence-electron chi connectivity index (χ1n) is 10.1. The van der Waals surface area contributed by atoms with Crippen LogP contribution >= 0.6 is 0 Å². The van der Waals surface area contributed by atoms with Crippen molar-refractivity contribution < 1.29 is 12.8 Å². The molecule has 1 aliphatic rings. The van der Waals surface area contributed by atoms with Gasteiger partial charge in [0.1, 0.15) is 16.5 Å². The van der Waals surface area contributed by atoms with E-state index in [2.05, 4.69) is 5.10 Å². The first kappa shape index (κ1) is 20.5. The van der Waals surface area contributed by atoms with Crippen molar-refractivity contribution in [3.8, 4) is 16.8 Å². The van der Waals surface area contributed by atoms with E-state index in [9.17, 15) is 17.6 Å². The Labute approximate surface area is 176 Å². The largest absolute Gasteiger partial charge is 0.275 e. The van der Waals surface area contributed by atoms with Crippen LogP contribution in [0.5, 0.6) is 0 Å². The highest BCUT2D eigenvalue weighted by Gasteiger charge is 2.24. The van der Waals surface area contributed by atoms with Crippen LogP contribution in [0.25, 0.3) is 16.8 Å². The van der Waals surface area contributed by atoms with Crippen LogP contribution in [0.4, 0.5) is 4.39 Å². The summed E-state index contributed by atoms with van der Waals surface area (Å²) < 4.78 is 36.6. The number of rotatable bonds is 5. The van der Waals surface area contributed by atoms with Gasteiger partial charge < -0.3 is 0 Å². The van der Waals surface area contributed by atoms with E-state index in [1.165, 1.54) is 23.2 Å². The Hall–Kier alpha value is -2.80. The van der Waals surface area contributed by atoms with Gasteiger partial charge in [-0.25, -0.2) is 12.8 Å². The molecule has 0 radical (unpaired) electrons. The molecule has 0 atom stereocenters. The lowest BCUT2D eigenvalue weighted by Crippen LogP contribution is -2.28. The third-order valence-corrected chi connectivity index (χ3v) is 6.30. The van der Waals surface area contributed by atoms with E-state index in [0.717, 1.165) is 42.4 Å². The Bertz CT molecular complexity index is 1150. The predicted octanol–water partition coefficient (Wildman–Crippen LogP) is 4.20. The molecule has 5 nitrogen and oxygen atoms in total. The van der Waals surface area contributed by atoms with Crippen molar-refractivity contribution >= 4 is 10.7 Å². The zero-order valence-corrected chi connectivity index (χ0v) is 17.4. The number of hydrogen-bond donors (Lipinski definition) is 1. The van der Waals surface area contributed by atoms with Crippen LogP contribution in [0.1, 0.15) is 49.1 Å². The molecular formula is C23H23FN2O3S. The van der Waals surface area contributed by atoms with Crippen molar-refractivity contribution in [1.29, 1.82) is 0 Å². The van der Waals surface area contributed by atoms with Gasteiger partial charge in [0.25, 0.3) is 5.56 Å². The molecule has 1 fully saturated rings. The molecule has 1 saturated carbocycles. The number of benzene rings is 2. The van der Waals surface area contributed by atoms with E-state index in [1.807, 2.05) is 12.1 Å². The standard InChI is InChI=1S/C23H23FN2O3S/c24-19-10-12-20(13-11-19)26-23(27)22(18-4-2-1-3-5-18)21(14-25-26)17-8-6-16(7-9-17)15-30(28)29/h6-14,18,30H,1-5,15H2. The van der Waals surface area contributed by atoms with Gasteiger partial charge in [-0.15, -0.1) is 0 Å². The third-order valence-electron chi connectivity index (χ3n) is 5.68. The first-order chi connectivity index (χ1) is 14.5. The quantitative estimate of drug-likeness (QED) is 0.621. The summed E-state index contributed by atoms with van der Waals surface area (Å²) in [4.78, 5) is 13.5. The lowest BCUT2D eigenvalue weighted by atomic mass is 9.82. The molecule has 2 aromatic carbocycles. The van der Waals surface area contributed by atoms with Gasteiger partial charge in [-0.3, -0.25) is 4.79 Å². The average Bonchev–Trinajstić information content (AvgIpc) is 2.75. The molecule has 0 N–H and O–H groups in total. The van der Waals surface area contributed by atoms with Crippen molar-refractivity contribution in [2.75, 3.05) is 0 Å². The number of halogens is 1. The smallest absolute Gasteiger partial charge is 0.267 e. The van der Waals surface area contributed by atoms with Gasteiger partial charge in [-0.05, 0) is 54.2 Å². The highest BCUT2D eigenvalue weighted by molar-refractivity contribution is 7.71. The van der Waals surface area contributed by atoms with Crippen molar-refractivity contribution in [1.82, 2.24) is 9.78 Å². The topological polar surface area (TPSA) is 69.0 Å². The molecule has 0 amide bonds. The molecule has 1 aromatic heterocycles.